The maximum absolute atomic E-state index is 13.6. The first-order chi connectivity index (χ1) is 10.4. The van der Waals surface area contributed by atoms with Gasteiger partial charge in [0.05, 0.1) is 12.3 Å². The van der Waals surface area contributed by atoms with E-state index in [1.54, 1.807) is 0 Å². The van der Waals surface area contributed by atoms with Crippen LogP contribution < -0.4 is 5.56 Å². The van der Waals surface area contributed by atoms with Gasteiger partial charge in [-0.05, 0) is 19.1 Å². The van der Waals surface area contributed by atoms with Crippen LogP contribution in [0.3, 0.4) is 0 Å². The first kappa shape index (κ1) is 15.0. The number of rotatable bonds is 2. The van der Waals surface area contributed by atoms with Crippen LogP contribution in [0.5, 0.6) is 0 Å². The summed E-state index contributed by atoms with van der Waals surface area (Å²) >= 11 is 0. The summed E-state index contributed by atoms with van der Waals surface area (Å²) < 4.78 is 18.9. The Morgan fingerprint density at radius 3 is 2.73 bits per heavy atom. The van der Waals surface area contributed by atoms with Crippen molar-refractivity contribution < 1.29 is 24.4 Å². The smallest absolute Gasteiger partial charge is 0.255 e. The maximum atomic E-state index is 13.6. The van der Waals surface area contributed by atoms with E-state index in [9.17, 15) is 19.4 Å². The van der Waals surface area contributed by atoms with Crippen LogP contribution in [0.4, 0.5) is 4.39 Å². The zero-order valence-electron chi connectivity index (χ0n) is 11.7. The van der Waals surface area contributed by atoms with Crippen LogP contribution in [-0.4, -0.2) is 50.2 Å². The zero-order valence-corrected chi connectivity index (χ0v) is 11.7. The van der Waals surface area contributed by atoms with Gasteiger partial charge in [0.25, 0.3) is 5.56 Å². The molecule has 3 rings (SSSR count). The van der Waals surface area contributed by atoms with Gasteiger partial charge in [0.2, 0.25) is 0 Å². The number of aliphatic hydroxyl groups is 3. The highest BCUT2D eigenvalue weighted by atomic mass is 19.1. The van der Waals surface area contributed by atoms with E-state index < -0.39 is 42.4 Å². The molecule has 0 aromatic carbocycles. The van der Waals surface area contributed by atoms with Crippen LogP contribution in [0.15, 0.2) is 16.9 Å². The van der Waals surface area contributed by atoms with Crippen molar-refractivity contribution in [3.8, 4) is 0 Å². The molecule has 2 aromatic rings. The normalized spacial score (nSPS) is 28.4. The average Bonchev–Trinajstić information content (AvgIpc) is 2.76. The molecule has 2 aromatic heterocycles. The molecule has 4 atom stereocenters. The number of hydrogen-bond acceptors (Lipinski definition) is 6. The highest BCUT2D eigenvalue weighted by Crippen LogP contribution is 2.32. The largest absolute Gasteiger partial charge is 0.394 e. The van der Waals surface area contributed by atoms with Crippen molar-refractivity contribution in [1.29, 1.82) is 0 Å². The van der Waals surface area contributed by atoms with Crippen LogP contribution in [-0.2, 0) is 4.74 Å². The van der Waals surface area contributed by atoms with Crippen molar-refractivity contribution in [1.82, 2.24) is 9.97 Å². The Balaban J connectivity index is 2.10. The number of nitrogens with zero attached hydrogens (tertiary/aromatic N) is 1. The number of hydrogen-bond donors (Lipinski definition) is 4. The predicted octanol–water partition coefficient (Wildman–Crippen LogP) is -0.475. The second-order valence-electron chi connectivity index (χ2n) is 5.31. The van der Waals surface area contributed by atoms with Crippen molar-refractivity contribution in [3.63, 3.8) is 0 Å². The standard InChI is InChI=1S/C14H15FN2O5/c1-5-8(15)3-6-2-7(14(21)17-13(6)16-5)12-11(20)10(19)9(4-18)22-12/h2-3,9-12,18-20H,4H2,1H3,(H,16,17,21)/t9-,10?,11?,12+/m1/s1. The number of pyridine rings is 2. The first-order valence-electron chi connectivity index (χ1n) is 6.75. The summed E-state index contributed by atoms with van der Waals surface area (Å²) in [5, 5.41) is 29.2. The molecule has 0 amide bonds. The molecule has 1 saturated heterocycles. The highest BCUT2D eigenvalue weighted by molar-refractivity contribution is 5.75. The molecule has 8 heteroatoms. The Morgan fingerprint density at radius 1 is 1.36 bits per heavy atom. The molecule has 4 N–H and O–H groups in total. The quantitative estimate of drug-likeness (QED) is 0.596. The fourth-order valence-electron chi connectivity index (χ4n) is 2.59. The highest BCUT2D eigenvalue weighted by Gasteiger charge is 2.44. The molecular formula is C14H15FN2O5. The van der Waals surface area contributed by atoms with E-state index >= 15 is 0 Å². The number of fused-ring (bicyclic) bond motifs is 1. The van der Waals surface area contributed by atoms with Crippen molar-refractivity contribution in [2.24, 2.45) is 0 Å². The Morgan fingerprint density at radius 2 is 2.09 bits per heavy atom. The molecule has 3 heterocycles. The molecule has 0 radical (unpaired) electrons. The number of nitrogens with one attached hydrogen (secondary N) is 1. The number of H-pyrrole nitrogens is 1. The minimum Gasteiger partial charge on any atom is -0.394 e. The molecule has 2 unspecified atom stereocenters. The molecule has 1 fully saturated rings. The molecule has 0 spiro atoms. The van der Waals surface area contributed by atoms with E-state index in [0.29, 0.717) is 5.39 Å². The van der Waals surface area contributed by atoms with E-state index in [0.717, 1.165) is 0 Å². The molecule has 118 valence electrons. The third kappa shape index (κ3) is 2.30. The Bertz CT molecular complexity index is 778. The molecule has 0 bridgehead atoms. The maximum Gasteiger partial charge on any atom is 0.255 e. The van der Waals surface area contributed by atoms with Crippen molar-refractivity contribution in [2.45, 2.75) is 31.3 Å². The lowest BCUT2D eigenvalue weighted by atomic mass is 10.0. The third-order valence-corrected chi connectivity index (χ3v) is 3.83. The van der Waals surface area contributed by atoms with Crippen LogP contribution in [0.25, 0.3) is 11.0 Å². The summed E-state index contributed by atoms with van der Waals surface area (Å²) in [4.78, 5) is 18.6. The minimum atomic E-state index is -1.36. The molecule has 1 aliphatic rings. The molecule has 7 nitrogen and oxygen atoms in total. The molecule has 0 aliphatic carbocycles. The summed E-state index contributed by atoms with van der Waals surface area (Å²) in [7, 11) is 0. The van der Waals surface area contributed by atoms with E-state index in [1.165, 1.54) is 19.1 Å². The molecule has 0 saturated carbocycles. The van der Waals surface area contributed by atoms with E-state index in [-0.39, 0.29) is 16.9 Å². The summed E-state index contributed by atoms with van der Waals surface area (Å²) in [5.41, 5.74) is -0.135. The number of ether oxygens (including phenoxy) is 1. The lowest BCUT2D eigenvalue weighted by Gasteiger charge is -2.14. The van der Waals surface area contributed by atoms with Gasteiger partial charge in [-0.1, -0.05) is 0 Å². The summed E-state index contributed by atoms with van der Waals surface area (Å²) in [6.07, 6.45) is -4.76. The molecule has 1 aliphatic heterocycles. The Kier molecular flexibility index (Phi) is 3.69. The number of halogens is 1. The van der Waals surface area contributed by atoms with E-state index in [2.05, 4.69) is 9.97 Å². The lowest BCUT2D eigenvalue weighted by Crippen LogP contribution is -2.33. The average molecular weight is 310 g/mol. The van der Waals surface area contributed by atoms with Gasteiger partial charge in [-0.25, -0.2) is 9.37 Å². The van der Waals surface area contributed by atoms with Gasteiger partial charge in [-0.15, -0.1) is 0 Å². The second-order valence-corrected chi connectivity index (χ2v) is 5.31. The fraction of sp³-hybridized carbons (Fsp3) is 0.429. The fourth-order valence-corrected chi connectivity index (χ4v) is 2.59. The number of aromatic amines is 1. The second kappa shape index (κ2) is 5.40. The van der Waals surface area contributed by atoms with Gasteiger partial charge in [0.1, 0.15) is 35.9 Å². The van der Waals surface area contributed by atoms with E-state index in [4.69, 9.17) is 9.84 Å². The van der Waals surface area contributed by atoms with Crippen molar-refractivity contribution in [2.75, 3.05) is 6.61 Å². The Hall–Kier alpha value is -1.87. The van der Waals surface area contributed by atoms with Gasteiger partial charge in [0, 0.05) is 10.9 Å². The van der Waals surface area contributed by atoms with E-state index in [1.807, 2.05) is 0 Å². The Labute approximate surface area is 124 Å². The number of aliphatic hydroxyl groups excluding tert-OH is 3. The number of aryl methyl sites for hydroxylation is 1. The minimum absolute atomic E-state index is 0.0417. The van der Waals surface area contributed by atoms with Crippen molar-refractivity contribution in [3.05, 3.63) is 39.6 Å². The topological polar surface area (TPSA) is 116 Å². The van der Waals surface area contributed by atoms with Gasteiger partial charge in [-0.3, -0.25) is 4.79 Å². The van der Waals surface area contributed by atoms with Gasteiger partial charge >= 0.3 is 0 Å². The third-order valence-electron chi connectivity index (χ3n) is 3.83. The van der Waals surface area contributed by atoms with Crippen LogP contribution in [0, 0.1) is 12.7 Å². The molecular weight excluding hydrogens is 295 g/mol. The zero-order chi connectivity index (χ0) is 16.0. The van der Waals surface area contributed by atoms with Crippen molar-refractivity contribution >= 4 is 11.0 Å². The first-order valence-corrected chi connectivity index (χ1v) is 6.75. The summed E-state index contributed by atoms with van der Waals surface area (Å²) in [5.74, 6) is -0.522. The summed E-state index contributed by atoms with van der Waals surface area (Å²) in [6, 6.07) is 2.59. The van der Waals surface area contributed by atoms with Gasteiger partial charge in [0.15, 0.2) is 0 Å². The monoisotopic (exact) mass is 310 g/mol. The molecule has 22 heavy (non-hydrogen) atoms. The summed E-state index contributed by atoms with van der Waals surface area (Å²) in [6.45, 7) is 0.989. The van der Waals surface area contributed by atoms with Crippen LogP contribution >= 0.6 is 0 Å². The van der Waals surface area contributed by atoms with Gasteiger partial charge in [-0.2, -0.15) is 0 Å². The SMILES string of the molecule is Cc1nc2[nH]c(=O)c([C@@H]3O[C@H](CO)C(O)C3O)cc2cc1F. The van der Waals surface area contributed by atoms with Crippen LogP contribution in [0.1, 0.15) is 17.4 Å². The van der Waals surface area contributed by atoms with Gasteiger partial charge < -0.3 is 25.0 Å². The lowest BCUT2D eigenvalue weighted by molar-refractivity contribution is -0.0231. The number of aromatic nitrogens is 2. The predicted molar refractivity (Wildman–Crippen MR) is 73.8 cm³/mol. The van der Waals surface area contributed by atoms with Crippen LogP contribution in [0.2, 0.25) is 0 Å².